The van der Waals surface area contributed by atoms with Crippen LogP contribution in [0.25, 0.3) is 0 Å². The Labute approximate surface area is 120 Å². The lowest BCUT2D eigenvalue weighted by Crippen LogP contribution is -2.21. The molecule has 0 bridgehead atoms. The molecular weight excluding hydrogens is 242 g/mol. The molecule has 0 saturated heterocycles. The molecule has 0 aliphatic rings. The number of nitrogens with one attached hydrogen (secondary N) is 3. The highest BCUT2D eigenvalue weighted by Crippen LogP contribution is 2.00. The quantitative estimate of drug-likeness (QED) is 0.188. The molecule has 11 N–H and O–H groups in total. The van der Waals surface area contributed by atoms with E-state index in [4.69, 9.17) is 11.6 Å². The van der Waals surface area contributed by atoms with Crippen LogP contribution in [-0.2, 0) is 0 Å². The van der Waals surface area contributed by atoms with E-state index in [1.165, 1.54) is 32.1 Å². The normalized spacial score (nSPS) is 8.21. The molecule has 0 aliphatic heterocycles. The van der Waals surface area contributed by atoms with Gasteiger partial charge in [-0.1, -0.05) is 39.5 Å². The Morgan fingerprint density at radius 1 is 0.789 bits per heavy atom. The van der Waals surface area contributed by atoms with E-state index in [-0.39, 0.29) is 0 Å². The highest BCUT2D eigenvalue weighted by atomic mass is 15.3. The molecule has 0 spiro atoms. The lowest BCUT2D eigenvalue weighted by Gasteiger charge is -1.93. The molecule has 0 amide bonds. The maximum atomic E-state index is 5.31. The summed E-state index contributed by atoms with van der Waals surface area (Å²) in [6, 6.07) is 0. The molecule has 7 heteroatoms. The highest BCUT2D eigenvalue weighted by molar-refractivity contribution is 4.41. The first-order chi connectivity index (χ1) is 9.24. The number of hydrogen-bond acceptors (Lipinski definition) is 7. The maximum Gasteiger partial charge on any atom is 0.00947 e. The van der Waals surface area contributed by atoms with E-state index in [1.807, 2.05) is 14.1 Å². The van der Waals surface area contributed by atoms with Gasteiger partial charge < -0.3 is 5.73 Å². The van der Waals surface area contributed by atoms with Gasteiger partial charge in [-0.25, -0.2) is 0 Å². The second-order valence-electron chi connectivity index (χ2n) is 3.66. The Bertz CT molecular complexity index is 84.1. The molecule has 0 unspecified atom stereocenters. The number of hydrazine groups is 3. The van der Waals surface area contributed by atoms with Gasteiger partial charge in [0, 0.05) is 6.54 Å². The van der Waals surface area contributed by atoms with Gasteiger partial charge in [0.15, 0.2) is 0 Å². The van der Waals surface area contributed by atoms with Gasteiger partial charge in [-0.2, -0.15) is 0 Å². The van der Waals surface area contributed by atoms with Crippen LogP contribution in [0.5, 0.6) is 0 Å². The third kappa shape index (κ3) is 73.5. The van der Waals surface area contributed by atoms with Crippen molar-refractivity contribution in [2.75, 3.05) is 27.2 Å². The van der Waals surface area contributed by atoms with Gasteiger partial charge in [-0.15, -0.1) is 0 Å². The first-order valence-electron chi connectivity index (χ1n) is 7.05. The van der Waals surface area contributed by atoms with Crippen LogP contribution in [0.15, 0.2) is 0 Å². The average molecular weight is 281 g/mol. The lowest BCUT2D eigenvalue weighted by molar-refractivity contribution is 0.638. The average Bonchev–Trinajstić information content (AvgIpc) is 2.48. The molecule has 0 rings (SSSR count). The predicted molar refractivity (Wildman–Crippen MR) is 86.8 cm³/mol. The highest BCUT2D eigenvalue weighted by Gasteiger charge is 1.83. The van der Waals surface area contributed by atoms with E-state index in [9.17, 15) is 0 Å². The number of rotatable bonds is 8. The molecule has 122 valence electrons. The van der Waals surface area contributed by atoms with Crippen LogP contribution in [0.3, 0.4) is 0 Å². The zero-order valence-corrected chi connectivity index (χ0v) is 13.5. The molecular formula is C12H39N7. The van der Waals surface area contributed by atoms with Crippen molar-refractivity contribution in [3.8, 4) is 0 Å². The summed E-state index contributed by atoms with van der Waals surface area (Å²) in [4.78, 5) is 0. The molecule has 0 heterocycles. The van der Waals surface area contributed by atoms with Crippen LogP contribution >= 0.6 is 0 Å². The van der Waals surface area contributed by atoms with Gasteiger partial charge in [0.2, 0.25) is 0 Å². The standard InChI is InChI=1S/C7H17N.C3H10N2.C2H8N2.H4N2/c1-2-3-4-5-6-7-8;1-2-3-5-4;1-3-4-2;1-2/h2-8H2,1H3;5H,2-4H2,1H3;3-4H,1-2H3;1-2H2. The van der Waals surface area contributed by atoms with Crippen LogP contribution in [0.1, 0.15) is 52.4 Å². The van der Waals surface area contributed by atoms with E-state index in [1.54, 1.807) is 0 Å². The SMILES string of the molecule is CCCCCCCN.CCCNN.CNNC.NN. The summed E-state index contributed by atoms with van der Waals surface area (Å²) in [5.41, 5.74) is 13.2. The summed E-state index contributed by atoms with van der Waals surface area (Å²) in [5.74, 6) is 12.9. The molecule has 0 aromatic rings. The summed E-state index contributed by atoms with van der Waals surface area (Å²) in [6.07, 6.45) is 7.71. The molecule has 0 radical (unpaired) electrons. The predicted octanol–water partition coefficient (Wildman–Crippen LogP) is -0.0658. The summed E-state index contributed by atoms with van der Waals surface area (Å²) >= 11 is 0. The molecule has 0 saturated carbocycles. The van der Waals surface area contributed by atoms with E-state index < -0.39 is 0 Å². The minimum absolute atomic E-state index is 0.865. The summed E-state index contributed by atoms with van der Waals surface area (Å²) < 4.78 is 0. The van der Waals surface area contributed by atoms with E-state index >= 15 is 0 Å². The van der Waals surface area contributed by atoms with Gasteiger partial charge in [0.1, 0.15) is 0 Å². The largest absolute Gasteiger partial charge is 0.330 e. The fourth-order valence-electron chi connectivity index (χ4n) is 0.892. The molecule has 0 aromatic heterocycles. The Balaban J connectivity index is -0.0000000886. The molecule has 0 aliphatic carbocycles. The van der Waals surface area contributed by atoms with Gasteiger partial charge >= 0.3 is 0 Å². The van der Waals surface area contributed by atoms with Gasteiger partial charge in [0.05, 0.1) is 0 Å². The lowest BCUT2D eigenvalue weighted by atomic mass is 10.2. The third-order valence-electron chi connectivity index (χ3n) is 1.95. The molecule has 7 nitrogen and oxygen atoms in total. The first kappa shape index (κ1) is 27.1. The van der Waals surface area contributed by atoms with Crippen molar-refractivity contribution in [2.45, 2.75) is 52.4 Å². The second kappa shape index (κ2) is 43.1. The van der Waals surface area contributed by atoms with Gasteiger partial charge in [0.25, 0.3) is 0 Å². The topological polar surface area (TPSA) is 140 Å². The van der Waals surface area contributed by atoms with Crippen LogP contribution in [0.2, 0.25) is 0 Å². The smallest absolute Gasteiger partial charge is 0.00947 e. The van der Waals surface area contributed by atoms with E-state index in [2.05, 4.69) is 41.8 Å². The maximum absolute atomic E-state index is 5.31. The Hall–Kier alpha value is -0.280. The van der Waals surface area contributed by atoms with Gasteiger partial charge in [-0.05, 0) is 33.5 Å². The van der Waals surface area contributed by atoms with Crippen molar-refractivity contribution in [2.24, 2.45) is 23.3 Å². The Morgan fingerprint density at radius 3 is 1.47 bits per heavy atom. The fourth-order valence-corrected chi connectivity index (χ4v) is 0.892. The minimum Gasteiger partial charge on any atom is -0.330 e. The van der Waals surface area contributed by atoms with Crippen molar-refractivity contribution in [1.29, 1.82) is 0 Å². The van der Waals surface area contributed by atoms with Gasteiger partial charge in [-0.3, -0.25) is 33.8 Å². The Morgan fingerprint density at radius 2 is 1.26 bits per heavy atom. The van der Waals surface area contributed by atoms with Crippen molar-refractivity contribution < 1.29 is 0 Å². The third-order valence-corrected chi connectivity index (χ3v) is 1.95. The van der Waals surface area contributed by atoms with Crippen LogP contribution in [0, 0.1) is 0 Å². The monoisotopic (exact) mass is 281 g/mol. The zero-order chi connectivity index (χ0) is 15.8. The minimum atomic E-state index is 0.865. The Kier molecular flexibility index (Phi) is 61.5. The van der Waals surface area contributed by atoms with Crippen molar-refractivity contribution in [3.05, 3.63) is 0 Å². The second-order valence-corrected chi connectivity index (χ2v) is 3.66. The van der Waals surface area contributed by atoms with E-state index in [0.29, 0.717) is 0 Å². The molecule has 0 atom stereocenters. The zero-order valence-electron chi connectivity index (χ0n) is 13.5. The van der Waals surface area contributed by atoms with Crippen LogP contribution in [-0.4, -0.2) is 27.2 Å². The van der Waals surface area contributed by atoms with Crippen molar-refractivity contribution >= 4 is 0 Å². The fraction of sp³-hybridized carbons (Fsp3) is 1.00. The summed E-state index contributed by atoms with van der Waals surface area (Å²) in [6.45, 7) is 6.08. The van der Waals surface area contributed by atoms with Crippen molar-refractivity contribution in [1.82, 2.24) is 16.3 Å². The summed E-state index contributed by atoms with van der Waals surface area (Å²) in [7, 11) is 3.64. The number of unbranched alkanes of at least 4 members (excludes halogenated alkanes) is 4. The molecule has 19 heavy (non-hydrogen) atoms. The van der Waals surface area contributed by atoms with Crippen LogP contribution in [0.4, 0.5) is 0 Å². The number of hydrogen-bond donors (Lipinski definition) is 7. The molecule has 0 aromatic carbocycles. The molecule has 0 fully saturated rings. The van der Waals surface area contributed by atoms with Crippen molar-refractivity contribution in [3.63, 3.8) is 0 Å². The van der Waals surface area contributed by atoms with Crippen LogP contribution < -0.4 is 39.5 Å². The first-order valence-corrected chi connectivity index (χ1v) is 7.05. The summed E-state index contributed by atoms with van der Waals surface area (Å²) in [5, 5.41) is 0. The van der Waals surface area contributed by atoms with E-state index in [0.717, 1.165) is 19.5 Å². The number of nitrogens with two attached hydrogens (primary N) is 4.